The minimum atomic E-state index is 0.681. The first-order valence-electron chi connectivity index (χ1n) is 6.50. The molecule has 20 heavy (non-hydrogen) atoms. The lowest BCUT2D eigenvalue weighted by Crippen LogP contribution is -2.05. The molecule has 0 radical (unpaired) electrons. The maximum Gasteiger partial charge on any atom is 0.152 e. The zero-order chi connectivity index (χ0) is 14.7. The highest BCUT2D eigenvalue weighted by Gasteiger charge is 2.12. The quantitative estimate of drug-likeness (QED) is 0.872. The number of hydrogen-bond donors (Lipinski definition) is 2. The maximum absolute atomic E-state index is 6.10. The van der Waals surface area contributed by atoms with E-state index in [2.05, 4.69) is 33.3 Å². The topological polar surface area (TPSA) is 65.1 Å². The summed E-state index contributed by atoms with van der Waals surface area (Å²) in [7, 11) is 1.64. The molecule has 5 nitrogen and oxygen atoms in total. The highest BCUT2D eigenvalue weighted by molar-refractivity contribution is 9.10. The minimum Gasteiger partial charge on any atom is -0.495 e. The number of nitrogens with zero attached hydrogens (tertiary/aromatic N) is 2. The van der Waals surface area contributed by atoms with Gasteiger partial charge in [0.2, 0.25) is 0 Å². The molecule has 0 saturated carbocycles. The Balaban J connectivity index is 2.34. The molecule has 1 heterocycles. The molecular formula is C14H19BrN4O. The molecule has 0 saturated heterocycles. The number of methoxy groups -OCH3 is 1. The van der Waals surface area contributed by atoms with Gasteiger partial charge < -0.3 is 15.8 Å². The Labute approximate surface area is 127 Å². The summed E-state index contributed by atoms with van der Waals surface area (Å²) < 4.78 is 8.11. The lowest BCUT2D eigenvalue weighted by molar-refractivity contribution is 0.412. The summed E-state index contributed by atoms with van der Waals surface area (Å²) >= 11 is 3.44. The van der Waals surface area contributed by atoms with Crippen molar-refractivity contribution in [3.63, 3.8) is 0 Å². The third-order valence-corrected chi connectivity index (χ3v) is 3.68. The maximum atomic E-state index is 6.10. The highest BCUT2D eigenvalue weighted by atomic mass is 79.9. The highest BCUT2D eigenvalue weighted by Crippen LogP contribution is 2.31. The summed E-state index contributed by atoms with van der Waals surface area (Å²) in [4.78, 5) is 0. The van der Waals surface area contributed by atoms with E-state index in [1.165, 1.54) is 0 Å². The van der Waals surface area contributed by atoms with Gasteiger partial charge in [-0.1, -0.05) is 6.92 Å². The van der Waals surface area contributed by atoms with Gasteiger partial charge in [0.1, 0.15) is 5.75 Å². The Hall–Kier alpha value is -1.69. The minimum absolute atomic E-state index is 0.681. The second-order valence-corrected chi connectivity index (χ2v) is 5.40. The van der Waals surface area contributed by atoms with E-state index in [4.69, 9.17) is 10.5 Å². The molecule has 0 aliphatic carbocycles. The smallest absolute Gasteiger partial charge is 0.152 e. The number of rotatable bonds is 5. The molecule has 0 aliphatic rings. The van der Waals surface area contributed by atoms with Gasteiger partial charge in [0.25, 0.3) is 0 Å². The predicted octanol–water partition coefficient (Wildman–Crippen LogP) is 3.70. The van der Waals surface area contributed by atoms with E-state index in [0.29, 0.717) is 5.69 Å². The standard InChI is InChI=1S/C14H19BrN4O/c1-4-7-19-14(13(16)9(2)18-19)17-10-5-6-11(15)12(8-10)20-3/h5-6,8,17H,4,7,16H2,1-3H3. The van der Waals surface area contributed by atoms with Crippen molar-refractivity contribution in [3.05, 3.63) is 28.4 Å². The molecule has 1 aromatic heterocycles. The monoisotopic (exact) mass is 338 g/mol. The van der Waals surface area contributed by atoms with Crippen LogP contribution in [0.1, 0.15) is 19.0 Å². The van der Waals surface area contributed by atoms with Crippen LogP contribution in [0.2, 0.25) is 0 Å². The van der Waals surface area contributed by atoms with E-state index >= 15 is 0 Å². The van der Waals surface area contributed by atoms with E-state index in [1.54, 1.807) is 7.11 Å². The second-order valence-electron chi connectivity index (χ2n) is 4.55. The Morgan fingerprint density at radius 2 is 2.20 bits per heavy atom. The molecule has 0 aliphatic heterocycles. The Kier molecular flexibility index (Phi) is 4.54. The molecule has 0 bridgehead atoms. The van der Waals surface area contributed by atoms with Crippen molar-refractivity contribution in [1.29, 1.82) is 0 Å². The molecule has 0 amide bonds. The van der Waals surface area contributed by atoms with Crippen molar-refractivity contribution in [2.24, 2.45) is 0 Å². The van der Waals surface area contributed by atoms with Crippen LogP contribution < -0.4 is 15.8 Å². The first-order chi connectivity index (χ1) is 9.56. The van der Waals surface area contributed by atoms with E-state index in [9.17, 15) is 0 Å². The lowest BCUT2D eigenvalue weighted by Gasteiger charge is -2.12. The fourth-order valence-corrected chi connectivity index (χ4v) is 2.38. The number of nitrogens with two attached hydrogens (primary N) is 1. The van der Waals surface area contributed by atoms with E-state index < -0.39 is 0 Å². The molecule has 2 rings (SSSR count). The van der Waals surface area contributed by atoms with Crippen molar-refractivity contribution in [2.75, 3.05) is 18.2 Å². The second kappa shape index (κ2) is 6.17. The van der Waals surface area contributed by atoms with Gasteiger partial charge in [0, 0.05) is 18.3 Å². The van der Waals surface area contributed by atoms with Gasteiger partial charge in [-0.2, -0.15) is 5.10 Å². The van der Waals surface area contributed by atoms with Gasteiger partial charge in [0.05, 0.1) is 23.0 Å². The molecule has 0 fully saturated rings. The molecule has 0 spiro atoms. The number of anilines is 3. The zero-order valence-corrected chi connectivity index (χ0v) is 13.5. The summed E-state index contributed by atoms with van der Waals surface area (Å²) in [6.45, 7) is 4.85. The molecule has 2 aromatic rings. The number of benzene rings is 1. The summed E-state index contributed by atoms with van der Waals surface area (Å²) in [6, 6.07) is 5.82. The average molecular weight is 339 g/mol. The lowest BCUT2D eigenvalue weighted by atomic mass is 10.3. The molecule has 0 atom stereocenters. The fourth-order valence-electron chi connectivity index (χ4n) is 1.98. The molecule has 108 valence electrons. The van der Waals surface area contributed by atoms with Crippen LogP contribution in [0, 0.1) is 6.92 Å². The fraction of sp³-hybridized carbons (Fsp3) is 0.357. The molecular weight excluding hydrogens is 320 g/mol. The largest absolute Gasteiger partial charge is 0.495 e. The van der Waals surface area contributed by atoms with Gasteiger partial charge in [0.15, 0.2) is 5.82 Å². The number of halogens is 1. The van der Waals surface area contributed by atoms with Crippen molar-refractivity contribution in [1.82, 2.24) is 9.78 Å². The van der Waals surface area contributed by atoms with Gasteiger partial charge in [-0.05, 0) is 41.4 Å². The Morgan fingerprint density at radius 3 is 2.85 bits per heavy atom. The number of nitrogens with one attached hydrogen (secondary N) is 1. The van der Waals surface area contributed by atoms with Gasteiger partial charge in [-0.3, -0.25) is 0 Å². The number of ether oxygens (including phenoxy) is 1. The average Bonchev–Trinajstić information content (AvgIpc) is 2.69. The van der Waals surface area contributed by atoms with Crippen LogP contribution in [-0.2, 0) is 6.54 Å². The van der Waals surface area contributed by atoms with Crippen molar-refractivity contribution < 1.29 is 4.74 Å². The summed E-state index contributed by atoms with van der Waals surface area (Å²) in [5.41, 5.74) is 8.53. The van der Waals surface area contributed by atoms with Crippen molar-refractivity contribution >= 4 is 33.1 Å². The number of hydrogen-bond acceptors (Lipinski definition) is 4. The normalized spacial score (nSPS) is 10.6. The Bertz CT molecular complexity index is 609. The van der Waals surface area contributed by atoms with Crippen LogP contribution in [0.4, 0.5) is 17.2 Å². The summed E-state index contributed by atoms with van der Waals surface area (Å²) in [5, 5.41) is 7.77. The van der Waals surface area contributed by atoms with Crippen LogP contribution in [0.15, 0.2) is 22.7 Å². The molecule has 3 N–H and O–H groups in total. The van der Waals surface area contributed by atoms with Gasteiger partial charge in [-0.25, -0.2) is 4.68 Å². The third kappa shape index (κ3) is 2.90. The van der Waals surface area contributed by atoms with E-state index in [0.717, 1.165) is 40.4 Å². The number of nitrogen functional groups attached to an aromatic ring is 1. The van der Waals surface area contributed by atoms with Crippen molar-refractivity contribution in [2.45, 2.75) is 26.8 Å². The van der Waals surface area contributed by atoms with Crippen LogP contribution in [-0.4, -0.2) is 16.9 Å². The molecule has 6 heteroatoms. The SMILES string of the molecule is CCCn1nc(C)c(N)c1Nc1ccc(Br)c(OC)c1. The van der Waals surface area contributed by atoms with Crippen LogP contribution in [0.25, 0.3) is 0 Å². The third-order valence-electron chi connectivity index (χ3n) is 3.02. The molecule has 1 aromatic carbocycles. The van der Waals surface area contributed by atoms with E-state index in [-0.39, 0.29) is 0 Å². The first-order valence-corrected chi connectivity index (χ1v) is 7.29. The Morgan fingerprint density at radius 1 is 1.45 bits per heavy atom. The van der Waals surface area contributed by atoms with Crippen molar-refractivity contribution in [3.8, 4) is 5.75 Å². The summed E-state index contributed by atoms with van der Waals surface area (Å²) in [5.74, 6) is 1.60. The van der Waals surface area contributed by atoms with Crippen LogP contribution in [0.3, 0.4) is 0 Å². The van der Waals surface area contributed by atoms with Crippen LogP contribution >= 0.6 is 15.9 Å². The molecule has 0 unspecified atom stereocenters. The zero-order valence-electron chi connectivity index (χ0n) is 11.9. The van der Waals surface area contributed by atoms with Gasteiger partial charge >= 0.3 is 0 Å². The summed E-state index contributed by atoms with van der Waals surface area (Å²) in [6.07, 6.45) is 0.999. The number of aromatic nitrogens is 2. The predicted molar refractivity (Wildman–Crippen MR) is 85.6 cm³/mol. The first kappa shape index (κ1) is 14.7. The van der Waals surface area contributed by atoms with E-state index in [1.807, 2.05) is 29.8 Å². The van der Waals surface area contributed by atoms with Crippen LogP contribution in [0.5, 0.6) is 5.75 Å². The van der Waals surface area contributed by atoms with Gasteiger partial charge in [-0.15, -0.1) is 0 Å². The number of aryl methyl sites for hydroxylation is 2.